The van der Waals surface area contributed by atoms with Crippen LogP contribution < -0.4 is 0 Å². The van der Waals surface area contributed by atoms with Gasteiger partial charge in [-0.05, 0) is 38.1 Å². The van der Waals surface area contributed by atoms with Gasteiger partial charge in [-0.1, -0.05) is 29.3 Å². The molecule has 20 heavy (non-hydrogen) atoms. The van der Waals surface area contributed by atoms with Crippen LogP contribution in [0.2, 0.25) is 0 Å². The third kappa shape index (κ3) is 3.14. The maximum Gasteiger partial charge on any atom is 0.193 e. The first-order valence-electron chi connectivity index (χ1n) is 6.20. The molecule has 0 spiro atoms. The van der Waals surface area contributed by atoms with Gasteiger partial charge in [-0.2, -0.15) is 0 Å². The third-order valence-electron chi connectivity index (χ3n) is 3.01. The molecule has 4 heteroatoms. The van der Waals surface area contributed by atoms with Crippen molar-refractivity contribution in [3.05, 3.63) is 64.7 Å². The van der Waals surface area contributed by atoms with Gasteiger partial charge in [-0.25, -0.2) is 8.42 Å². The highest BCUT2D eigenvalue weighted by molar-refractivity contribution is 7.90. The van der Waals surface area contributed by atoms with Crippen LogP contribution in [0.15, 0.2) is 47.4 Å². The highest BCUT2D eigenvalue weighted by atomic mass is 32.2. The lowest BCUT2D eigenvalue weighted by molar-refractivity contribution is 0.103. The Morgan fingerprint density at radius 2 is 1.50 bits per heavy atom. The Morgan fingerprint density at radius 1 is 0.900 bits per heavy atom. The lowest BCUT2D eigenvalue weighted by atomic mass is 9.99. The second kappa shape index (κ2) is 5.21. The Hall–Kier alpha value is -1.94. The zero-order valence-electron chi connectivity index (χ0n) is 11.7. The molecule has 0 aliphatic rings. The zero-order valence-corrected chi connectivity index (χ0v) is 12.5. The summed E-state index contributed by atoms with van der Waals surface area (Å²) in [5.74, 6) is -0.165. The average molecular weight is 288 g/mol. The predicted molar refractivity (Wildman–Crippen MR) is 78.9 cm³/mol. The molecule has 0 bridgehead atoms. The molecule has 0 heterocycles. The molecule has 0 radical (unpaired) electrons. The standard InChI is InChI=1S/C16H16O3S/c1-11-7-12(2)9-14(8-11)16(17)13-5-4-6-15(10-13)20(3,18)19/h4-10H,1-3H3. The summed E-state index contributed by atoms with van der Waals surface area (Å²) < 4.78 is 23.1. The molecular weight excluding hydrogens is 272 g/mol. The minimum atomic E-state index is -3.31. The molecule has 0 amide bonds. The van der Waals surface area contributed by atoms with Crippen LogP contribution in [0.1, 0.15) is 27.0 Å². The summed E-state index contributed by atoms with van der Waals surface area (Å²) in [6, 6.07) is 11.7. The minimum Gasteiger partial charge on any atom is -0.289 e. The molecule has 2 rings (SSSR count). The summed E-state index contributed by atoms with van der Waals surface area (Å²) in [6.07, 6.45) is 1.13. The Balaban J connectivity index is 2.49. The van der Waals surface area contributed by atoms with Gasteiger partial charge in [0.05, 0.1) is 4.90 Å². The molecule has 2 aromatic rings. The maximum atomic E-state index is 12.4. The normalized spacial score (nSPS) is 11.3. The molecule has 0 atom stereocenters. The van der Waals surface area contributed by atoms with E-state index in [1.807, 2.05) is 32.0 Å². The number of aryl methyl sites for hydroxylation is 2. The van der Waals surface area contributed by atoms with E-state index in [0.717, 1.165) is 17.4 Å². The van der Waals surface area contributed by atoms with Gasteiger partial charge in [0, 0.05) is 17.4 Å². The molecule has 0 saturated heterocycles. The lowest BCUT2D eigenvalue weighted by Crippen LogP contribution is -2.05. The summed E-state index contributed by atoms with van der Waals surface area (Å²) >= 11 is 0. The first kappa shape index (κ1) is 14.5. The van der Waals surface area contributed by atoms with Crippen molar-refractivity contribution in [3.8, 4) is 0 Å². The number of ketones is 1. The molecule has 0 N–H and O–H groups in total. The monoisotopic (exact) mass is 288 g/mol. The van der Waals surface area contributed by atoms with Gasteiger partial charge >= 0.3 is 0 Å². The maximum absolute atomic E-state index is 12.4. The molecule has 104 valence electrons. The van der Waals surface area contributed by atoms with Crippen LogP contribution in [0.25, 0.3) is 0 Å². The van der Waals surface area contributed by atoms with Crippen molar-refractivity contribution in [1.29, 1.82) is 0 Å². The highest BCUT2D eigenvalue weighted by Gasteiger charge is 2.13. The quantitative estimate of drug-likeness (QED) is 0.816. The number of hydrogen-bond acceptors (Lipinski definition) is 3. The van der Waals surface area contributed by atoms with E-state index < -0.39 is 9.84 Å². The second-order valence-corrected chi connectivity index (χ2v) is 7.02. The molecule has 0 unspecified atom stereocenters. The topological polar surface area (TPSA) is 51.2 Å². The van der Waals surface area contributed by atoms with Gasteiger partial charge in [0.25, 0.3) is 0 Å². The average Bonchev–Trinajstić information content (AvgIpc) is 2.36. The first-order valence-corrected chi connectivity index (χ1v) is 8.09. The fourth-order valence-corrected chi connectivity index (χ4v) is 2.81. The number of carbonyl (C=O) groups excluding carboxylic acids is 1. The van der Waals surface area contributed by atoms with Gasteiger partial charge in [-0.15, -0.1) is 0 Å². The minimum absolute atomic E-state index is 0.160. The summed E-state index contributed by atoms with van der Waals surface area (Å²) in [4.78, 5) is 12.6. The van der Waals surface area contributed by atoms with Gasteiger partial charge in [0.1, 0.15) is 0 Å². The highest BCUT2D eigenvalue weighted by Crippen LogP contribution is 2.17. The SMILES string of the molecule is Cc1cc(C)cc(C(=O)c2cccc(S(C)(=O)=O)c2)c1. The number of benzene rings is 2. The molecular formula is C16H16O3S. The van der Waals surface area contributed by atoms with E-state index in [-0.39, 0.29) is 10.7 Å². The summed E-state index contributed by atoms with van der Waals surface area (Å²) in [7, 11) is -3.31. The molecule has 0 saturated carbocycles. The van der Waals surface area contributed by atoms with Crippen LogP contribution in [-0.2, 0) is 9.84 Å². The van der Waals surface area contributed by atoms with Crippen LogP contribution in [0.5, 0.6) is 0 Å². The van der Waals surface area contributed by atoms with Gasteiger partial charge < -0.3 is 0 Å². The smallest absolute Gasteiger partial charge is 0.193 e. The van der Waals surface area contributed by atoms with E-state index in [1.54, 1.807) is 12.1 Å². The van der Waals surface area contributed by atoms with Gasteiger partial charge in [0.15, 0.2) is 15.6 Å². The lowest BCUT2D eigenvalue weighted by Gasteiger charge is -2.06. The van der Waals surface area contributed by atoms with Crippen LogP contribution in [0, 0.1) is 13.8 Å². The van der Waals surface area contributed by atoms with Crippen molar-refractivity contribution >= 4 is 15.6 Å². The molecule has 0 aliphatic carbocycles. The third-order valence-corrected chi connectivity index (χ3v) is 4.12. The number of hydrogen-bond donors (Lipinski definition) is 0. The molecule has 0 aromatic heterocycles. The first-order chi connectivity index (χ1) is 9.27. The van der Waals surface area contributed by atoms with Crippen LogP contribution >= 0.6 is 0 Å². The fraction of sp³-hybridized carbons (Fsp3) is 0.188. The van der Waals surface area contributed by atoms with Crippen LogP contribution in [0.4, 0.5) is 0 Å². The number of sulfone groups is 1. The van der Waals surface area contributed by atoms with Crippen LogP contribution in [-0.4, -0.2) is 20.5 Å². The van der Waals surface area contributed by atoms with E-state index in [9.17, 15) is 13.2 Å². The van der Waals surface area contributed by atoms with E-state index in [4.69, 9.17) is 0 Å². The largest absolute Gasteiger partial charge is 0.289 e. The van der Waals surface area contributed by atoms with E-state index >= 15 is 0 Å². The van der Waals surface area contributed by atoms with Crippen molar-refractivity contribution in [1.82, 2.24) is 0 Å². The van der Waals surface area contributed by atoms with Crippen LogP contribution in [0.3, 0.4) is 0 Å². The van der Waals surface area contributed by atoms with Crippen molar-refractivity contribution in [3.63, 3.8) is 0 Å². The van der Waals surface area contributed by atoms with Crippen molar-refractivity contribution in [2.24, 2.45) is 0 Å². The Labute approximate surface area is 119 Å². The van der Waals surface area contributed by atoms with Crippen molar-refractivity contribution < 1.29 is 13.2 Å². The fourth-order valence-electron chi connectivity index (χ4n) is 2.14. The van der Waals surface area contributed by atoms with Gasteiger partial charge in [0.2, 0.25) is 0 Å². The molecule has 3 nitrogen and oxygen atoms in total. The Morgan fingerprint density at radius 3 is 2.05 bits per heavy atom. The van der Waals surface area contributed by atoms with Gasteiger partial charge in [-0.3, -0.25) is 4.79 Å². The van der Waals surface area contributed by atoms with Crippen molar-refractivity contribution in [2.45, 2.75) is 18.7 Å². The van der Waals surface area contributed by atoms with E-state index in [0.29, 0.717) is 11.1 Å². The Kier molecular flexibility index (Phi) is 3.77. The summed E-state index contributed by atoms with van der Waals surface area (Å²) in [6.45, 7) is 3.85. The number of carbonyl (C=O) groups is 1. The van der Waals surface area contributed by atoms with Crippen molar-refractivity contribution in [2.75, 3.05) is 6.26 Å². The van der Waals surface area contributed by atoms with E-state index in [1.165, 1.54) is 12.1 Å². The molecule has 0 fully saturated rings. The predicted octanol–water partition coefficient (Wildman–Crippen LogP) is 2.94. The summed E-state index contributed by atoms with van der Waals surface area (Å²) in [5, 5.41) is 0. The molecule has 0 aliphatic heterocycles. The molecule has 2 aromatic carbocycles. The summed E-state index contributed by atoms with van der Waals surface area (Å²) in [5.41, 5.74) is 2.98. The zero-order chi connectivity index (χ0) is 14.9. The number of rotatable bonds is 3. The Bertz CT molecular complexity index is 754. The van der Waals surface area contributed by atoms with E-state index in [2.05, 4.69) is 0 Å². The second-order valence-electron chi connectivity index (χ2n) is 5.01.